The summed E-state index contributed by atoms with van der Waals surface area (Å²) in [6.07, 6.45) is 9.36. The Morgan fingerprint density at radius 2 is 1.87 bits per heavy atom. The van der Waals surface area contributed by atoms with E-state index in [9.17, 15) is 14.4 Å². The van der Waals surface area contributed by atoms with Crippen molar-refractivity contribution in [1.82, 2.24) is 15.2 Å². The summed E-state index contributed by atoms with van der Waals surface area (Å²) in [6, 6.07) is 8.95. The highest BCUT2D eigenvalue weighted by Gasteiger charge is 2.39. The normalized spacial score (nSPS) is 23.4. The average molecular weight is 521 g/mol. The topological polar surface area (TPSA) is 110 Å². The number of rotatable bonds is 7. The van der Waals surface area contributed by atoms with Gasteiger partial charge >= 0.3 is 0 Å². The number of benzene rings is 1. The van der Waals surface area contributed by atoms with Crippen LogP contribution in [0, 0.1) is 5.92 Å². The van der Waals surface area contributed by atoms with Crippen molar-refractivity contribution in [3.8, 4) is 5.75 Å². The predicted octanol–water partition coefficient (Wildman–Crippen LogP) is 3.34. The van der Waals surface area contributed by atoms with Gasteiger partial charge in [-0.2, -0.15) is 0 Å². The molecule has 9 nitrogen and oxygen atoms in total. The summed E-state index contributed by atoms with van der Waals surface area (Å²) >= 11 is 0. The van der Waals surface area contributed by atoms with Gasteiger partial charge in [-0.3, -0.25) is 19.4 Å². The zero-order chi connectivity index (χ0) is 26.5. The summed E-state index contributed by atoms with van der Waals surface area (Å²) in [4.78, 5) is 44.3. The van der Waals surface area contributed by atoms with Crippen LogP contribution in [0.5, 0.6) is 5.75 Å². The molecule has 2 fully saturated rings. The molecule has 202 valence electrons. The zero-order valence-electron chi connectivity index (χ0n) is 21.9. The lowest BCUT2D eigenvalue weighted by molar-refractivity contribution is -0.134. The molecular weight excluding hydrogens is 484 g/mol. The van der Waals surface area contributed by atoms with Gasteiger partial charge in [-0.05, 0) is 68.0 Å². The number of carbonyl (C=O) groups excluding carboxylic acids is 3. The molecule has 9 heteroatoms. The van der Waals surface area contributed by atoms with E-state index in [0.717, 1.165) is 44.1 Å². The SMILES string of the molecule is CN1C(=O)c2cc(NC(=O)C3CCCC3)ccc2OC[C@H]2O[C@H](CC(=O)NCCc3ccncc3)CC[C@@H]21. The van der Waals surface area contributed by atoms with E-state index in [2.05, 4.69) is 15.6 Å². The Hall–Kier alpha value is -3.46. The molecule has 1 aromatic carbocycles. The molecule has 5 rings (SSSR count). The molecule has 1 saturated carbocycles. The largest absolute Gasteiger partial charge is 0.490 e. The number of nitrogens with zero attached hydrogens (tertiary/aromatic N) is 2. The monoisotopic (exact) mass is 520 g/mol. The van der Waals surface area contributed by atoms with E-state index in [0.29, 0.717) is 30.0 Å². The number of pyridine rings is 1. The Morgan fingerprint density at radius 1 is 1.08 bits per heavy atom. The molecule has 2 aromatic rings. The van der Waals surface area contributed by atoms with Gasteiger partial charge in [0.2, 0.25) is 11.8 Å². The first-order valence-electron chi connectivity index (χ1n) is 13.6. The molecule has 3 aliphatic rings. The molecule has 0 radical (unpaired) electrons. The second-order valence-electron chi connectivity index (χ2n) is 10.5. The Kier molecular flexibility index (Phi) is 8.22. The zero-order valence-corrected chi connectivity index (χ0v) is 21.9. The highest BCUT2D eigenvalue weighted by molar-refractivity contribution is 6.00. The fourth-order valence-corrected chi connectivity index (χ4v) is 5.71. The number of nitrogens with one attached hydrogen (secondary N) is 2. The number of aromatic nitrogens is 1. The highest BCUT2D eigenvalue weighted by Crippen LogP contribution is 2.33. The van der Waals surface area contributed by atoms with Crippen LogP contribution in [-0.2, 0) is 20.7 Å². The number of likely N-dealkylation sites (N-methyl/N-ethyl adjacent to an activating group) is 1. The number of anilines is 1. The van der Waals surface area contributed by atoms with E-state index in [1.165, 1.54) is 0 Å². The van der Waals surface area contributed by atoms with Crippen LogP contribution < -0.4 is 15.4 Å². The van der Waals surface area contributed by atoms with Gasteiger partial charge in [0.05, 0.1) is 24.1 Å². The van der Waals surface area contributed by atoms with Crippen LogP contribution in [0.15, 0.2) is 42.7 Å². The third-order valence-electron chi connectivity index (χ3n) is 7.90. The average Bonchev–Trinajstić information content (AvgIpc) is 3.47. The lowest BCUT2D eigenvalue weighted by atomic mass is 9.94. The van der Waals surface area contributed by atoms with Crippen molar-refractivity contribution < 1.29 is 23.9 Å². The number of hydrogen-bond acceptors (Lipinski definition) is 6. The van der Waals surface area contributed by atoms with Crippen LogP contribution in [0.3, 0.4) is 0 Å². The minimum absolute atomic E-state index is 0.0169. The highest BCUT2D eigenvalue weighted by atomic mass is 16.5. The van der Waals surface area contributed by atoms with E-state index in [1.54, 1.807) is 42.5 Å². The molecule has 2 aliphatic heterocycles. The standard InChI is InChI=1S/C29H36N4O5/c1-33-24-8-7-22(17-27(34)31-15-12-19-10-13-30-14-11-19)38-26(24)18-37-25-9-6-21(16-23(25)29(33)36)32-28(35)20-4-2-3-5-20/h6,9-11,13-14,16,20,22,24,26H,2-5,7-8,12,15,17-18H2,1H3,(H,31,34)(H,32,35)/t22-,24-,26+/m0/s1. The quantitative estimate of drug-likeness (QED) is 0.580. The minimum atomic E-state index is -0.331. The number of ether oxygens (including phenoxy) is 2. The second-order valence-corrected chi connectivity index (χ2v) is 10.5. The summed E-state index contributed by atoms with van der Waals surface area (Å²) in [7, 11) is 1.79. The van der Waals surface area contributed by atoms with Crippen molar-refractivity contribution in [2.45, 2.75) is 69.6 Å². The number of fused-ring (bicyclic) bond motifs is 2. The van der Waals surface area contributed by atoms with Gasteiger partial charge in [0.15, 0.2) is 0 Å². The molecule has 3 atom stereocenters. The van der Waals surface area contributed by atoms with Crippen LogP contribution in [0.4, 0.5) is 5.69 Å². The lowest BCUT2D eigenvalue weighted by Crippen LogP contribution is -2.54. The predicted molar refractivity (Wildman–Crippen MR) is 142 cm³/mol. The van der Waals surface area contributed by atoms with Crippen molar-refractivity contribution in [2.24, 2.45) is 5.92 Å². The molecule has 38 heavy (non-hydrogen) atoms. The molecular formula is C29H36N4O5. The smallest absolute Gasteiger partial charge is 0.257 e. The number of hydrogen-bond donors (Lipinski definition) is 2. The lowest BCUT2D eigenvalue weighted by Gasteiger charge is -2.42. The maximum Gasteiger partial charge on any atom is 0.257 e. The van der Waals surface area contributed by atoms with Gasteiger partial charge in [-0.25, -0.2) is 0 Å². The summed E-state index contributed by atoms with van der Waals surface area (Å²) in [5.74, 6) is 0.323. The maximum absolute atomic E-state index is 13.4. The van der Waals surface area contributed by atoms with Crippen LogP contribution in [-0.4, -0.2) is 66.1 Å². The van der Waals surface area contributed by atoms with Crippen LogP contribution >= 0.6 is 0 Å². The molecule has 3 heterocycles. The van der Waals surface area contributed by atoms with Gasteiger partial charge in [0.25, 0.3) is 5.91 Å². The number of carbonyl (C=O) groups is 3. The van der Waals surface area contributed by atoms with Gasteiger partial charge in [0, 0.05) is 37.6 Å². The van der Waals surface area contributed by atoms with Gasteiger partial charge in [-0.1, -0.05) is 12.8 Å². The van der Waals surface area contributed by atoms with Crippen molar-refractivity contribution in [2.75, 3.05) is 25.5 Å². The first-order valence-corrected chi connectivity index (χ1v) is 13.6. The second kappa shape index (κ2) is 11.9. The Labute approximate surface area is 223 Å². The van der Waals surface area contributed by atoms with Crippen LogP contribution in [0.25, 0.3) is 0 Å². The third-order valence-corrected chi connectivity index (χ3v) is 7.90. The van der Waals surface area contributed by atoms with E-state index >= 15 is 0 Å². The number of amides is 3. The molecule has 1 saturated heterocycles. The van der Waals surface area contributed by atoms with Crippen molar-refractivity contribution >= 4 is 23.4 Å². The van der Waals surface area contributed by atoms with E-state index < -0.39 is 0 Å². The Bertz CT molecular complexity index is 1150. The van der Waals surface area contributed by atoms with Gasteiger partial charge in [-0.15, -0.1) is 0 Å². The van der Waals surface area contributed by atoms with Crippen molar-refractivity contribution in [3.05, 3.63) is 53.9 Å². The van der Waals surface area contributed by atoms with Crippen molar-refractivity contribution in [3.63, 3.8) is 0 Å². The van der Waals surface area contributed by atoms with Gasteiger partial charge in [0.1, 0.15) is 18.5 Å². The van der Waals surface area contributed by atoms with Gasteiger partial charge < -0.3 is 25.0 Å². The fraction of sp³-hybridized carbons (Fsp3) is 0.517. The summed E-state index contributed by atoms with van der Waals surface area (Å²) < 4.78 is 12.3. The molecule has 3 amide bonds. The van der Waals surface area contributed by atoms with E-state index in [1.807, 2.05) is 12.1 Å². The maximum atomic E-state index is 13.4. The Morgan fingerprint density at radius 3 is 2.66 bits per heavy atom. The Balaban J connectivity index is 1.17. The molecule has 1 aliphatic carbocycles. The minimum Gasteiger partial charge on any atom is -0.490 e. The van der Waals surface area contributed by atoms with Crippen molar-refractivity contribution in [1.29, 1.82) is 0 Å². The summed E-state index contributed by atoms with van der Waals surface area (Å²) in [6.45, 7) is 0.838. The third kappa shape index (κ3) is 6.15. The molecule has 0 bridgehead atoms. The first kappa shape index (κ1) is 26.2. The molecule has 0 unspecified atom stereocenters. The fourth-order valence-electron chi connectivity index (χ4n) is 5.71. The van der Waals surface area contributed by atoms with E-state index in [-0.39, 0.29) is 54.9 Å². The summed E-state index contributed by atoms with van der Waals surface area (Å²) in [5.41, 5.74) is 2.17. The van der Waals surface area contributed by atoms with Crippen LogP contribution in [0.1, 0.15) is 60.9 Å². The van der Waals surface area contributed by atoms with E-state index in [4.69, 9.17) is 9.47 Å². The molecule has 1 aromatic heterocycles. The first-order chi connectivity index (χ1) is 18.5. The molecule has 0 spiro atoms. The summed E-state index contributed by atoms with van der Waals surface area (Å²) in [5, 5.41) is 5.95. The van der Waals surface area contributed by atoms with Crippen LogP contribution in [0.2, 0.25) is 0 Å². The molecule has 2 N–H and O–H groups in total.